The number of carbonyl (C=O) groups excluding carboxylic acids is 1. The number of fused-ring (bicyclic) bond motifs is 1. The lowest BCUT2D eigenvalue weighted by Crippen LogP contribution is -2.37. The van der Waals surface area contributed by atoms with Gasteiger partial charge in [-0.25, -0.2) is 9.78 Å². The molecule has 0 aliphatic heterocycles. The van der Waals surface area contributed by atoms with Crippen molar-refractivity contribution in [3.05, 3.63) is 56.2 Å². The zero-order valence-electron chi connectivity index (χ0n) is 13.4. The number of nitrogens with zero attached hydrogens (tertiary/aromatic N) is 3. The van der Waals surface area contributed by atoms with Crippen LogP contribution in [0.4, 0.5) is 5.13 Å². The highest BCUT2D eigenvalue weighted by atomic mass is 32.1. The van der Waals surface area contributed by atoms with Crippen molar-refractivity contribution >= 4 is 33.3 Å². The Kier molecular flexibility index (Phi) is 4.06. The van der Waals surface area contributed by atoms with Crippen molar-refractivity contribution in [2.24, 2.45) is 14.1 Å². The Hall–Kier alpha value is -2.74. The molecule has 0 radical (unpaired) electrons. The molecule has 24 heavy (non-hydrogen) atoms. The molecule has 0 bridgehead atoms. The Balaban J connectivity index is 2.14. The summed E-state index contributed by atoms with van der Waals surface area (Å²) in [4.78, 5) is 41.2. The maximum Gasteiger partial charge on any atom is 0.330 e. The maximum absolute atomic E-state index is 12.6. The summed E-state index contributed by atoms with van der Waals surface area (Å²) in [6, 6.07) is 5.18. The Bertz CT molecular complexity index is 1030. The van der Waals surface area contributed by atoms with Gasteiger partial charge in [0.1, 0.15) is 0 Å². The number of thiazole rings is 1. The first kappa shape index (κ1) is 16.1. The summed E-state index contributed by atoms with van der Waals surface area (Å²) in [7, 11) is 3.04. The number of amides is 1. The van der Waals surface area contributed by atoms with Crippen molar-refractivity contribution in [2.45, 2.75) is 12.8 Å². The van der Waals surface area contributed by atoms with Crippen LogP contribution in [-0.4, -0.2) is 20.0 Å². The molecule has 1 amide bonds. The summed E-state index contributed by atoms with van der Waals surface area (Å²) >= 11 is 1.32. The normalized spacial score (nSPS) is 12.3. The first-order valence-electron chi connectivity index (χ1n) is 7.30. The third-order valence-electron chi connectivity index (χ3n) is 4.05. The van der Waals surface area contributed by atoms with Gasteiger partial charge in [0.2, 0.25) is 5.91 Å². The predicted octanol–water partition coefficient (Wildman–Crippen LogP) is 1.44. The third kappa shape index (κ3) is 2.54. The van der Waals surface area contributed by atoms with Crippen molar-refractivity contribution in [2.75, 3.05) is 5.32 Å². The minimum atomic E-state index is -0.567. The molecule has 0 aliphatic rings. The molecule has 3 rings (SSSR count). The van der Waals surface area contributed by atoms with Gasteiger partial charge in [-0.3, -0.25) is 18.7 Å². The van der Waals surface area contributed by atoms with Gasteiger partial charge in [0.25, 0.3) is 5.56 Å². The molecule has 1 atom stereocenters. The van der Waals surface area contributed by atoms with Crippen LogP contribution in [-0.2, 0) is 18.9 Å². The minimum absolute atomic E-state index is 0.256. The third-order valence-corrected chi connectivity index (χ3v) is 4.74. The molecule has 0 spiro atoms. The summed E-state index contributed by atoms with van der Waals surface area (Å²) < 4.78 is 2.46. The molecular weight excluding hydrogens is 328 g/mol. The molecule has 1 aromatic carbocycles. The van der Waals surface area contributed by atoms with Gasteiger partial charge in [0, 0.05) is 25.7 Å². The van der Waals surface area contributed by atoms with Gasteiger partial charge in [-0.15, -0.1) is 11.3 Å². The summed E-state index contributed by atoms with van der Waals surface area (Å²) in [5, 5.41) is 5.39. The highest BCUT2D eigenvalue weighted by Gasteiger charge is 2.21. The molecule has 0 aliphatic carbocycles. The Morgan fingerprint density at radius 2 is 2.00 bits per heavy atom. The summed E-state index contributed by atoms with van der Waals surface area (Å²) in [6.07, 6.45) is 1.61. The molecule has 1 unspecified atom stereocenters. The van der Waals surface area contributed by atoms with Gasteiger partial charge in [-0.2, -0.15) is 0 Å². The number of anilines is 1. The zero-order valence-corrected chi connectivity index (χ0v) is 14.3. The molecule has 0 saturated carbocycles. The van der Waals surface area contributed by atoms with E-state index in [0.29, 0.717) is 21.6 Å². The van der Waals surface area contributed by atoms with Crippen molar-refractivity contribution < 1.29 is 4.79 Å². The van der Waals surface area contributed by atoms with Crippen LogP contribution in [0.5, 0.6) is 0 Å². The molecule has 1 N–H and O–H groups in total. The van der Waals surface area contributed by atoms with Crippen LogP contribution in [0.2, 0.25) is 0 Å². The van der Waals surface area contributed by atoms with E-state index in [9.17, 15) is 14.4 Å². The largest absolute Gasteiger partial charge is 0.330 e. The standard InChI is InChI=1S/C16H16N4O3S/c1-9(13(21)18-15-17-7-8-24-15)10-5-4-6-11-12(10)14(22)20(3)16(23)19(11)2/h4-9H,1-3H3,(H,17,18,21). The van der Waals surface area contributed by atoms with E-state index in [-0.39, 0.29) is 5.91 Å². The number of aryl methyl sites for hydroxylation is 1. The average Bonchev–Trinajstić information content (AvgIpc) is 3.09. The fraction of sp³-hybridized carbons (Fsp3) is 0.250. The van der Waals surface area contributed by atoms with Crippen LogP contribution in [0.25, 0.3) is 10.9 Å². The molecule has 0 fully saturated rings. The van der Waals surface area contributed by atoms with Crippen molar-refractivity contribution in [1.82, 2.24) is 14.1 Å². The van der Waals surface area contributed by atoms with Crippen molar-refractivity contribution in [1.29, 1.82) is 0 Å². The second-order valence-corrected chi connectivity index (χ2v) is 6.39. The lowest BCUT2D eigenvalue weighted by Gasteiger charge is -2.15. The van der Waals surface area contributed by atoms with Crippen LogP contribution in [0, 0.1) is 0 Å². The monoisotopic (exact) mass is 344 g/mol. The molecule has 8 heteroatoms. The van der Waals surface area contributed by atoms with E-state index in [1.54, 1.807) is 43.7 Å². The van der Waals surface area contributed by atoms with Crippen LogP contribution < -0.4 is 16.6 Å². The number of carbonyl (C=O) groups is 1. The smallest absolute Gasteiger partial charge is 0.301 e. The van der Waals surface area contributed by atoms with Crippen molar-refractivity contribution in [3.63, 3.8) is 0 Å². The predicted molar refractivity (Wildman–Crippen MR) is 93.6 cm³/mol. The SMILES string of the molecule is CC(C(=O)Nc1nccs1)c1cccc2c1c(=O)n(C)c(=O)n2C. The molecule has 2 aromatic heterocycles. The van der Waals surface area contributed by atoms with E-state index in [1.807, 2.05) is 0 Å². The lowest BCUT2D eigenvalue weighted by molar-refractivity contribution is -0.117. The van der Waals surface area contributed by atoms with Crippen LogP contribution in [0.3, 0.4) is 0 Å². The fourth-order valence-corrected chi connectivity index (χ4v) is 3.19. The first-order valence-corrected chi connectivity index (χ1v) is 8.18. The minimum Gasteiger partial charge on any atom is -0.301 e. The van der Waals surface area contributed by atoms with Gasteiger partial charge >= 0.3 is 5.69 Å². The van der Waals surface area contributed by atoms with Gasteiger partial charge < -0.3 is 5.32 Å². The Labute approximate surface area is 141 Å². The number of benzene rings is 1. The summed E-state index contributed by atoms with van der Waals surface area (Å²) in [5.74, 6) is -0.823. The van der Waals surface area contributed by atoms with Gasteiger partial charge in [0.05, 0.1) is 16.8 Å². The highest BCUT2D eigenvalue weighted by Crippen LogP contribution is 2.24. The van der Waals surface area contributed by atoms with Gasteiger partial charge in [-0.1, -0.05) is 12.1 Å². The van der Waals surface area contributed by atoms with E-state index in [4.69, 9.17) is 0 Å². The topological polar surface area (TPSA) is 86.0 Å². The first-order chi connectivity index (χ1) is 11.4. The van der Waals surface area contributed by atoms with E-state index >= 15 is 0 Å². The molecule has 3 aromatic rings. The van der Waals surface area contributed by atoms with Crippen LogP contribution >= 0.6 is 11.3 Å². The number of aromatic nitrogens is 3. The number of hydrogen-bond donors (Lipinski definition) is 1. The number of hydrogen-bond acceptors (Lipinski definition) is 5. The maximum atomic E-state index is 12.6. The molecule has 124 valence electrons. The second kappa shape index (κ2) is 6.04. The lowest BCUT2D eigenvalue weighted by atomic mass is 9.96. The van der Waals surface area contributed by atoms with E-state index < -0.39 is 17.2 Å². The molecule has 0 saturated heterocycles. The Morgan fingerprint density at radius 3 is 2.67 bits per heavy atom. The summed E-state index contributed by atoms with van der Waals surface area (Å²) in [6.45, 7) is 1.72. The van der Waals surface area contributed by atoms with Crippen LogP contribution in [0.15, 0.2) is 39.4 Å². The second-order valence-electron chi connectivity index (χ2n) is 5.50. The molecule has 2 heterocycles. The highest BCUT2D eigenvalue weighted by molar-refractivity contribution is 7.13. The van der Waals surface area contributed by atoms with Crippen LogP contribution in [0.1, 0.15) is 18.4 Å². The fourth-order valence-electron chi connectivity index (χ4n) is 2.65. The zero-order chi connectivity index (χ0) is 17.4. The van der Waals surface area contributed by atoms with E-state index in [0.717, 1.165) is 4.57 Å². The average molecular weight is 344 g/mol. The Morgan fingerprint density at radius 1 is 1.25 bits per heavy atom. The molecule has 7 nitrogen and oxygen atoms in total. The van der Waals surface area contributed by atoms with Crippen molar-refractivity contribution in [3.8, 4) is 0 Å². The van der Waals surface area contributed by atoms with Gasteiger partial charge in [-0.05, 0) is 18.6 Å². The number of rotatable bonds is 3. The quantitative estimate of drug-likeness (QED) is 0.779. The molecular formula is C16H16N4O3S. The van der Waals surface area contributed by atoms with E-state index in [1.165, 1.54) is 23.0 Å². The summed E-state index contributed by atoms with van der Waals surface area (Å²) in [5.41, 5.74) is 0.286. The van der Waals surface area contributed by atoms with Gasteiger partial charge in [0.15, 0.2) is 5.13 Å². The van der Waals surface area contributed by atoms with E-state index in [2.05, 4.69) is 10.3 Å². The number of nitrogens with one attached hydrogen (secondary N) is 1.